The second-order valence-corrected chi connectivity index (χ2v) is 4.26. The third kappa shape index (κ3) is 3.16. The summed E-state index contributed by atoms with van der Waals surface area (Å²) in [5.74, 6) is -0.169. The van der Waals surface area contributed by atoms with Crippen LogP contribution in [0.5, 0.6) is 11.6 Å². The van der Waals surface area contributed by atoms with Gasteiger partial charge in [-0.1, -0.05) is 5.16 Å². The normalized spacial score (nSPS) is 11.4. The maximum absolute atomic E-state index is 13.1. The van der Waals surface area contributed by atoms with Gasteiger partial charge in [-0.25, -0.2) is 14.4 Å². The van der Waals surface area contributed by atoms with Gasteiger partial charge in [0.2, 0.25) is 5.88 Å². The summed E-state index contributed by atoms with van der Waals surface area (Å²) in [6, 6.07) is 4.02. The minimum absolute atomic E-state index is 0.154. The number of amidine groups is 1. The number of nitrogens with zero attached hydrogens (tertiary/aromatic N) is 3. The van der Waals surface area contributed by atoms with E-state index in [1.807, 2.05) is 0 Å². The molecule has 0 radical (unpaired) electrons. The molecule has 0 amide bonds. The minimum Gasteiger partial charge on any atom is -0.436 e. The fraction of sp³-hybridized carbons (Fsp3) is 0. The Bertz CT molecular complexity index is 619. The molecule has 0 saturated heterocycles. The molecule has 0 unspecified atom stereocenters. The number of hydrogen-bond acceptors (Lipinski definition) is 5. The van der Waals surface area contributed by atoms with Crippen LogP contribution in [0.15, 0.2) is 40.2 Å². The number of aromatic nitrogens is 2. The first-order valence-corrected chi connectivity index (χ1v) is 5.82. The van der Waals surface area contributed by atoms with Crippen molar-refractivity contribution >= 4 is 21.8 Å². The third-order valence-electron chi connectivity index (χ3n) is 2.11. The van der Waals surface area contributed by atoms with Gasteiger partial charge in [-0.15, -0.1) is 0 Å². The lowest BCUT2D eigenvalue weighted by atomic mass is 10.3. The van der Waals surface area contributed by atoms with Gasteiger partial charge in [-0.3, -0.25) is 0 Å². The van der Waals surface area contributed by atoms with E-state index >= 15 is 0 Å². The first-order valence-electron chi connectivity index (χ1n) is 5.03. The first-order chi connectivity index (χ1) is 9.10. The second-order valence-electron chi connectivity index (χ2n) is 3.40. The smallest absolute Gasteiger partial charge is 0.237 e. The Morgan fingerprint density at radius 2 is 2.16 bits per heavy atom. The van der Waals surface area contributed by atoms with Crippen molar-refractivity contribution in [1.29, 1.82) is 0 Å². The van der Waals surface area contributed by atoms with Crippen LogP contribution in [0.1, 0.15) is 5.69 Å². The Morgan fingerprint density at radius 3 is 2.79 bits per heavy atom. The Hall–Kier alpha value is -2.22. The van der Waals surface area contributed by atoms with Gasteiger partial charge >= 0.3 is 0 Å². The van der Waals surface area contributed by atoms with Gasteiger partial charge in [-0.05, 0) is 28.1 Å². The molecule has 6 nitrogen and oxygen atoms in total. The molecule has 0 spiro atoms. The van der Waals surface area contributed by atoms with E-state index in [0.29, 0.717) is 4.47 Å². The quantitative estimate of drug-likeness (QED) is 0.390. The predicted octanol–water partition coefficient (Wildman–Crippen LogP) is 2.26. The molecule has 3 N–H and O–H groups in total. The zero-order chi connectivity index (χ0) is 13.8. The van der Waals surface area contributed by atoms with Gasteiger partial charge in [0.05, 0.1) is 16.9 Å². The molecule has 2 aromatic rings. The number of oxime groups is 1. The van der Waals surface area contributed by atoms with Crippen LogP contribution in [0.4, 0.5) is 4.39 Å². The molecule has 1 aromatic carbocycles. The lowest BCUT2D eigenvalue weighted by Crippen LogP contribution is -2.15. The van der Waals surface area contributed by atoms with Crippen LogP contribution >= 0.6 is 15.9 Å². The molecular weight excluding hydrogens is 319 g/mol. The Labute approximate surface area is 115 Å². The number of rotatable bonds is 3. The summed E-state index contributed by atoms with van der Waals surface area (Å²) < 4.78 is 19.0. The van der Waals surface area contributed by atoms with Gasteiger partial charge in [0.25, 0.3) is 0 Å². The predicted molar refractivity (Wildman–Crippen MR) is 68.7 cm³/mol. The van der Waals surface area contributed by atoms with Crippen molar-refractivity contribution < 1.29 is 14.3 Å². The standard InChI is InChI=1S/C11H8BrFN4O2/c12-7-2-1-6(13)3-9(7)19-10-5-15-8(4-16-10)11(14)17-18/h1-5,18H,(H2,14,17). The van der Waals surface area contributed by atoms with E-state index in [1.54, 1.807) is 0 Å². The number of hydrogen-bond donors (Lipinski definition) is 2. The van der Waals surface area contributed by atoms with Crippen LogP contribution in [-0.4, -0.2) is 21.0 Å². The number of nitrogens with two attached hydrogens (primary N) is 1. The van der Waals surface area contributed by atoms with E-state index in [0.717, 1.165) is 0 Å². The third-order valence-corrected chi connectivity index (χ3v) is 2.76. The lowest BCUT2D eigenvalue weighted by molar-refractivity contribution is 0.318. The van der Waals surface area contributed by atoms with Gasteiger partial charge < -0.3 is 15.7 Å². The van der Waals surface area contributed by atoms with Gasteiger partial charge in [0.15, 0.2) is 5.84 Å². The molecule has 0 bridgehead atoms. The molecule has 8 heteroatoms. The van der Waals surface area contributed by atoms with Crippen LogP contribution in [0.25, 0.3) is 0 Å². The van der Waals surface area contributed by atoms with Crippen molar-refractivity contribution in [3.63, 3.8) is 0 Å². The van der Waals surface area contributed by atoms with E-state index in [-0.39, 0.29) is 23.2 Å². The molecule has 19 heavy (non-hydrogen) atoms. The molecule has 0 aliphatic rings. The topological polar surface area (TPSA) is 93.6 Å². The molecule has 0 saturated carbocycles. The molecular formula is C11H8BrFN4O2. The molecule has 2 rings (SSSR count). The Balaban J connectivity index is 2.22. The van der Waals surface area contributed by atoms with Crippen molar-refractivity contribution in [1.82, 2.24) is 9.97 Å². The average molecular weight is 327 g/mol. The summed E-state index contributed by atoms with van der Waals surface area (Å²) in [6.07, 6.45) is 2.56. The van der Waals surface area contributed by atoms with Crippen LogP contribution in [-0.2, 0) is 0 Å². The van der Waals surface area contributed by atoms with Crippen LogP contribution in [0, 0.1) is 5.82 Å². The molecule has 98 valence electrons. The minimum atomic E-state index is -0.431. The highest BCUT2D eigenvalue weighted by Crippen LogP contribution is 2.28. The molecule has 1 aromatic heterocycles. The van der Waals surface area contributed by atoms with E-state index < -0.39 is 5.82 Å². The summed E-state index contributed by atoms with van der Waals surface area (Å²) in [5.41, 5.74) is 5.54. The highest BCUT2D eigenvalue weighted by atomic mass is 79.9. The zero-order valence-electron chi connectivity index (χ0n) is 9.42. The fourth-order valence-electron chi connectivity index (χ4n) is 1.22. The van der Waals surface area contributed by atoms with E-state index in [4.69, 9.17) is 15.7 Å². The SMILES string of the molecule is N/C(=N/O)c1cnc(Oc2cc(F)ccc2Br)cn1. The summed E-state index contributed by atoms with van der Waals surface area (Å²) >= 11 is 3.22. The maximum Gasteiger partial charge on any atom is 0.237 e. The van der Waals surface area contributed by atoms with Crippen LogP contribution in [0.2, 0.25) is 0 Å². The molecule has 0 aliphatic heterocycles. The average Bonchev–Trinajstić information content (AvgIpc) is 2.43. The monoisotopic (exact) mass is 326 g/mol. The number of benzene rings is 1. The van der Waals surface area contributed by atoms with Crippen molar-refractivity contribution in [3.8, 4) is 11.6 Å². The second kappa shape index (κ2) is 5.61. The van der Waals surface area contributed by atoms with Gasteiger partial charge in [0.1, 0.15) is 17.3 Å². The van der Waals surface area contributed by atoms with E-state index in [9.17, 15) is 4.39 Å². The largest absolute Gasteiger partial charge is 0.436 e. The Kier molecular flexibility index (Phi) is 3.91. The van der Waals surface area contributed by atoms with Gasteiger partial charge in [-0.2, -0.15) is 0 Å². The van der Waals surface area contributed by atoms with Gasteiger partial charge in [0, 0.05) is 6.07 Å². The van der Waals surface area contributed by atoms with Crippen LogP contribution < -0.4 is 10.5 Å². The summed E-state index contributed by atoms with van der Waals surface area (Å²) in [5, 5.41) is 11.3. The summed E-state index contributed by atoms with van der Waals surface area (Å²) in [7, 11) is 0. The lowest BCUT2D eigenvalue weighted by Gasteiger charge is -2.06. The first kappa shape index (κ1) is 13.2. The zero-order valence-corrected chi connectivity index (χ0v) is 11.0. The summed E-state index contributed by atoms with van der Waals surface area (Å²) in [6.45, 7) is 0. The van der Waals surface area contributed by atoms with Crippen molar-refractivity contribution in [2.75, 3.05) is 0 Å². The van der Waals surface area contributed by atoms with Crippen molar-refractivity contribution in [2.45, 2.75) is 0 Å². The number of halogens is 2. The molecule has 0 aliphatic carbocycles. The van der Waals surface area contributed by atoms with Crippen LogP contribution in [0.3, 0.4) is 0 Å². The maximum atomic E-state index is 13.1. The number of ether oxygens (including phenoxy) is 1. The van der Waals surface area contributed by atoms with E-state index in [2.05, 4.69) is 31.1 Å². The highest BCUT2D eigenvalue weighted by Gasteiger charge is 2.07. The van der Waals surface area contributed by atoms with Crippen molar-refractivity contribution in [3.05, 3.63) is 46.6 Å². The Morgan fingerprint density at radius 1 is 1.37 bits per heavy atom. The molecule has 1 heterocycles. The molecule has 0 atom stereocenters. The van der Waals surface area contributed by atoms with Crippen molar-refractivity contribution in [2.24, 2.45) is 10.9 Å². The fourth-order valence-corrected chi connectivity index (χ4v) is 1.55. The van der Waals surface area contributed by atoms with E-state index in [1.165, 1.54) is 30.6 Å². The summed E-state index contributed by atoms with van der Waals surface area (Å²) in [4.78, 5) is 7.80. The molecule has 0 fully saturated rings. The highest BCUT2D eigenvalue weighted by molar-refractivity contribution is 9.10.